The van der Waals surface area contributed by atoms with Crippen LogP contribution in [0.15, 0.2) is 76.2 Å². The fraction of sp³-hybridized carbons (Fsp3) is 0.267. The fourth-order valence-corrected chi connectivity index (χ4v) is 5.33. The van der Waals surface area contributed by atoms with Crippen LogP contribution >= 0.6 is 15.9 Å². The van der Waals surface area contributed by atoms with E-state index < -0.39 is 5.97 Å². The molecule has 0 saturated carbocycles. The molecular formula is C30H30BrN3O3. The van der Waals surface area contributed by atoms with Crippen molar-refractivity contribution in [1.29, 1.82) is 0 Å². The first-order chi connectivity index (χ1) is 18.0. The van der Waals surface area contributed by atoms with Crippen LogP contribution in [0.5, 0.6) is 5.88 Å². The Kier molecular flexibility index (Phi) is 7.72. The number of halogens is 1. The van der Waals surface area contributed by atoms with Crippen molar-refractivity contribution in [2.45, 2.75) is 38.6 Å². The number of aromatic nitrogens is 1. The molecule has 1 aromatic heterocycles. The van der Waals surface area contributed by atoms with Crippen LogP contribution in [0, 0.1) is 0 Å². The molecule has 7 heteroatoms. The zero-order valence-corrected chi connectivity index (χ0v) is 22.2. The van der Waals surface area contributed by atoms with Crippen LogP contribution in [-0.4, -0.2) is 44.9 Å². The number of aryl methyl sites for hydroxylation is 1. The average molecular weight is 560 g/mol. The summed E-state index contributed by atoms with van der Waals surface area (Å²) in [6.07, 6.45) is 4.33. The van der Waals surface area contributed by atoms with Crippen LogP contribution in [0.25, 0.3) is 10.9 Å². The number of nitrogens with one attached hydrogen (secondary N) is 1. The molecule has 3 N–H and O–H groups in total. The number of hydrogen-bond acceptors (Lipinski definition) is 4. The third-order valence-corrected chi connectivity index (χ3v) is 7.33. The predicted molar refractivity (Wildman–Crippen MR) is 151 cm³/mol. The van der Waals surface area contributed by atoms with Gasteiger partial charge in [-0.25, -0.2) is 4.99 Å². The summed E-state index contributed by atoms with van der Waals surface area (Å²) in [5.41, 5.74) is 5.83. The zero-order valence-electron chi connectivity index (χ0n) is 20.6. The summed E-state index contributed by atoms with van der Waals surface area (Å²) in [5, 5.41) is 21.0. The highest BCUT2D eigenvalue weighted by atomic mass is 79.9. The van der Waals surface area contributed by atoms with Crippen molar-refractivity contribution in [2.75, 3.05) is 13.1 Å². The maximum Gasteiger partial charge on any atom is 0.303 e. The lowest BCUT2D eigenvalue weighted by Crippen LogP contribution is -2.28. The van der Waals surface area contributed by atoms with Gasteiger partial charge in [0.1, 0.15) is 0 Å². The number of aliphatic carboxylic acids is 1. The minimum atomic E-state index is -0.830. The Balaban J connectivity index is 1.54. The van der Waals surface area contributed by atoms with Gasteiger partial charge in [-0.3, -0.25) is 9.69 Å². The SMILES string of the molecule is O=C(O)CCc1cccc(C(=Nc2ccc(CN3CCCCC3)cc2)c2c(O)[nH]c3cc(Br)ccc23)c1. The molecule has 1 saturated heterocycles. The molecule has 4 aromatic rings. The number of benzene rings is 3. The quantitative estimate of drug-likeness (QED) is 0.207. The van der Waals surface area contributed by atoms with Crippen LogP contribution in [0.2, 0.25) is 0 Å². The molecule has 1 aliphatic rings. The molecule has 0 radical (unpaired) electrons. The number of piperidine rings is 1. The monoisotopic (exact) mass is 559 g/mol. The number of likely N-dealkylation sites (tertiary alicyclic amines) is 1. The molecule has 37 heavy (non-hydrogen) atoms. The molecule has 5 rings (SSSR count). The Morgan fingerprint density at radius 2 is 1.76 bits per heavy atom. The van der Waals surface area contributed by atoms with E-state index in [2.05, 4.69) is 37.9 Å². The van der Waals surface area contributed by atoms with Crippen molar-refractivity contribution in [3.63, 3.8) is 0 Å². The molecule has 0 bridgehead atoms. The topological polar surface area (TPSA) is 88.9 Å². The first-order valence-corrected chi connectivity index (χ1v) is 13.5. The van der Waals surface area contributed by atoms with Crippen LogP contribution in [0.1, 0.15) is 47.9 Å². The number of fused-ring (bicyclic) bond motifs is 1. The molecule has 0 amide bonds. The second-order valence-electron chi connectivity index (χ2n) is 9.60. The number of carboxylic acid groups (broad SMARTS) is 1. The summed E-state index contributed by atoms with van der Waals surface area (Å²) in [5.74, 6) is -0.784. The molecule has 0 aliphatic carbocycles. The van der Waals surface area contributed by atoms with E-state index in [1.54, 1.807) is 0 Å². The Morgan fingerprint density at radius 1 is 0.973 bits per heavy atom. The van der Waals surface area contributed by atoms with Crippen molar-refractivity contribution >= 4 is 44.2 Å². The highest BCUT2D eigenvalue weighted by Crippen LogP contribution is 2.33. The molecule has 190 valence electrons. The van der Waals surface area contributed by atoms with Gasteiger partial charge < -0.3 is 15.2 Å². The molecule has 0 atom stereocenters. The number of hydrogen-bond donors (Lipinski definition) is 3. The van der Waals surface area contributed by atoms with Crippen LogP contribution in [0.3, 0.4) is 0 Å². The van der Waals surface area contributed by atoms with E-state index in [4.69, 9.17) is 10.1 Å². The van der Waals surface area contributed by atoms with E-state index >= 15 is 0 Å². The standard InChI is InChI=1S/C30H30BrN3O3/c31-23-10-13-25-26(18-23)33-30(37)28(25)29(22-6-4-5-20(17-22)9-14-27(35)36)32-24-11-7-21(8-12-24)19-34-15-2-1-3-16-34/h4-8,10-13,17-18,33,37H,1-3,9,14-16,19H2,(H,35,36). The van der Waals surface area contributed by atoms with Crippen molar-refractivity contribution in [3.8, 4) is 5.88 Å². The first-order valence-electron chi connectivity index (χ1n) is 12.7. The smallest absolute Gasteiger partial charge is 0.303 e. The average Bonchev–Trinajstić information content (AvgIpc) is 3.22. The lowest BCUT2D eigenvalue weighted by molar-refractivity contribution is -0.136. The first kappa shape index (κ1) is 25.2. The summed E-state index contributed by atoms with van der Waals surface area (Å²) in [7, 11) is 0. The van der Waals surface area contributed by atoms with Crippen LogP contribution in [-0.2, 0) is 17.8 Å². The van der Waals surface area contributed by atoms with Gasteiger partial charge in [-0.15, -0.1) is 0 Å². The Morgan fingerprint density at radius 3 is 2.51 bits per heavy atom. The van der Waals surface area contributed by atoms with E-state index in [0.717, 1.165) is 51.8 Å². The maximum atomic E-state index is 11.1. The van der Waals surface area contributed by atoms with E-state index in [1.807, 2.05) is 54.6 Å². The van der Waals surface area contributed by atoms with Gasteiger partial charge in [-0.05, 0) is 73.8 Å². The fourth-order valence-electron chi connectivity index (χ4n) is 4.97. The molecule has 1 fully saturated rings. The number of aliphatic imine (C=N–C) groups is 1. The zero-order chi connectivity index (χ0) is 25.8. The summed E-state index contributed by atoms with van der Waals surface area (Å²) in [4.78, 5) is 21.7. The van der Waals surface area contributed by atoms with Gasteiger partial charge in [0.25, 0.3) is 0 Å². The third kappa shape index (κ3) is 6.12. The molecule has 1 aliphatic heterocycles. The van der Waals surface area contributed by atoms with Gasteiger partial charge in [-0.1, -0.05) is 58.7 Å². The number of carboxylic acids is 1. The van der Waals surface area contributed by atoms with Crippen LogP contribution in [0.4, 0.5) is 5.69 Å². The minimum Gasteiger partial charge on any atom is -0.494 e. The number of rotatable bonds is 8. The Bertz CT molecular complexity index is 1440. The lowest BCUT2D eigenvalue weighted by atomic mass is 9.97. The molecule has 0 unspecified atom stereocenters. The molecular weight excluding hydrogens is 530 g/mol. The number of aromatic hydroxyl groups is 1. The lowest BCUT2D eigenvalue weighted by Gasteiger charge is -2.26. The van der Waals surface area contributed by atoms with Crippen molar-refractivity contribution in [3.05, 3.63) is 93.5 Å². The molecule has 6 nitrogen and oxygen atoms in total. The summed E-state index contributed by atoms with van der Waals surface area (Å²) in [6.45, 7) is 3.25. The van der Waals surface area contributed by atoms with Gasteiger partial charge in [-0.2, -0.15) is 0 Å². The Labute approximate surface area is 224 Å². The summed E-state index contributed by atoms with van der Waals surface area (Å²) in [6, 6.07) is 21.9. The normalized spacial score (nSPS) is 14.8. The number of nitrogens with zero attached hydrogens (tertiary/aromatic N) is 2. The number of aromatic amines is 1. The van der Waals surface area contributed by atoms with Gasteiger partial charge in [0, 0.05) is 28.4 Å². The summed E-state index contributed by atoms with van der Waals surface area (Å²) < 4.78 is 0.909. The Hall–Kier alpha value is -3.42. The highest BCUT2D eigenvalue weighted by molar-refractivity contribution is 9.10. The predicted octanol–water partition coefficient (Wildman–Crippen LogP) is 6.81. The van der Waals surface area contributed by atoms with Crippen LogP contribution < -0.4 is 0 Å². The molecule has 3 aromatic carbocycles. The van der Waals surface area contributed by atoms with E-state index in [0.29, 0.717) is 17.7 Å². The van der Waals surface area contributed by atoms with E-state index in [9.17, 15) is 9.90 Å². The second kappa shape index (κ2) is 11.3. The maximum absolute atomic E-state index is 11.1. The van der Waals surface area contributed by atoms with E-state index in [-0.39, 0.29) is 12.3 Å². The van der Waals surface area contributed by atoms with Gasteiger partial charge in [0.05, 0.1) is 22.5 Å². The van der Waals surface area contributed by atoms with Gasteiger partial charge in [0.15, 0.2) is 5.88 Å². The van der Waals surface area contributed by atoms with Crippen molar-refractivity contribution in [2.24, 2.45) is 4.99 Å². The molecule has 0 spiro atoms. The second-order valence-corrected chi connectivity index (χ2v) is 10.5. The molecule has 2 heterocycles. The van der Waals surface area contributed by atoms with Crippen molar-refractivity contribution in [1.82, 2.24) is 9.88 Å². The van der Waals surface area contributed by atoms with Crippen molar-refractivity contribution < 1.29 is 15.0 Å². The minimum absolute atomic E-state index is 0.0458. The third-order valence-electron chi connectivity index (χ3n) is 6.84. The van der Waals surface area contributed by atoms with Gasteiger partial charge >= 0.3 is 5.97 Å². The summed E-state index contributed by atoms with van der Waals surface area (Å²) >= 11 is 3.50. The number of carbonyl (C=O) groups is 1. The highest BCUT2D eigenvalue weighted by Gasteiger charge is 2.19. The largest absolute Gasteiger partial charge is 0.494 e. The van der Waals surface area contributed by atoms with Gasteiger partial charge in [0.2, 0.25) is 0 Å². The van der Waals surface area contributed by atoms with E-state index in [1.165, 1.54) is 24.8 Å². The number of H-pyrrole nitrogens is 1.